The highest BCUT2D eigenvalue weighted by molar-refractivity contribution is 4.44. The van der Waals surface area contributed by atoms with Crippen LogP contribution in [0.4, 0.5) is 0 Å². The van der Waals surface area contributed by atoms with Gasteiger partial charge in [0.15, 0.2) is 0 Å². The largest absolute Gasteiger partial charge is 0.342 e. The zero-order chi connectivity index (χ0) is 6.62. The Kier molecular flexibility index (Phi) is 2.97. The number of hydrogen-bond donors (Lipinski definition) is 2. The molecule has 8 heavy (non-hydrogen) atoms. The summed E-state index contributed by atoms with van der Waals surface area (Å²) >= 11 is 0. The molecule has 0 saturated carbocycles. The van der Waals surface area contributed by atoms with Crippen molar-refractivity contribution in [1.29, 1.82) is 0 Å². The van der Waals surface area contributed by atoms with Gasteiger partial charge in [-0.15, -0.1) is 0 Å². The predicted octanol–water partition coefficient (Wildman–Crippen LogP) is 0.245. The van der Waals surface area contributed by atoms with Crippen LogP contribution < -0.4 is 0 Å². The van der Waals surface area contributed by atoms with Gasteiger partial charge >= 0.3 is 5.97 Å². The molecule has 0 aromatic carbocycles. The van der Waals surface area contributed by atoms with E-state index in [2.05, 4.69) is 0 Å². The summed E-state index contributed by atoms with van der Waals surface area (Å²) in [5.41, 5.74) is 0. The number of unbranched alkanes of at least 4 members (excludes halogenated alkanes) is 1. The maximum atomic E-state index is 9.97. The van der Waals surface area contributed by atoms with Crippen molar-refractivity contribution in [3.63, 3.8) is 0 Å². The van der Waals surface area contributed by atoms with Gasteiger partial charge in [0.05, 0.1) is 0 Å². The van der Waals surface area contributed by atoms with Crippen LogP contribution in [0.3, 0.4) is 0 Å². The van der Waals surface area contributed by atoms with Crippen molar-refractivity contribution in [3.8, 4) is 0 Å². The van der Waals surface area contributed by atoms with E-state index in [1.165, 1.54) is 0 Å². The molecule has 0 bridgehead atoms. The second-order valence-electron chi connectivity index (χ2n) is 1.85. The first-order valence-electron chi connectivity index (χ1n) is 2.71. The smallest absolute Gasteiger partial charge is 0.307 e. The van der Waals surface area contributed by atoms with Gasteiger partial charge in [0.1, 0.15) is 0 Å². The third-order valence-electron chi connectivity index (χ3n) is 0.856. The standard InChI is InChI=1S/C5H11O3/c1-2-3-4-5(6,7)8/h6-7H,2-4H2,1H3. The topological polar surface area (TPSA) is 60.4 Å². The van der Waals surface area contributed by atoms with E-state index < -0.39 is 5.97 Å². The van der Waals surface area contributed by atoms with E-state index >= 15 is 0 Å². The molecule has 0 heterocycles. The fourth-order valence-corrected chi connectivity index (χ4v) is 0.407. The SMILES string of the molecule is CCCCC([O])(O)O. The van der Waals surface area contributed by atoms with Crippen LogP contribution in [-0.2, 0) is 5.11 Å². The van der Waals surface area contributed by atoms with E-state index in [4.69, 9.17) is 10.2 Å². The number of rotatable bonds is 3. The molecule has 0 atom stereocenters. The lowest BCUT2D eigenvalue weighted by atomic mass is 10.2. The summed E-state index contributed by atoms with van der Waals surface area (Å²) in [6.07, 6.45) is 1.30. The summed E-state index contributed by atoms with van der Waals surface area (Å²) < 4.78 is 0. The minimum atomic E-state index is -2.70. The van der Waals surface area contributed by atoms with E-state index in [1.807, 2.05) is 6.92 Å². The lowest BCUT2D eigenvalue weighted by Crippen LogP contribution is -2.24. The van der Waals surface area contributed by atoms with Crippen molar-refractivity contribution in [2.75, 3.05) is 0 Å². The molecule has 2 N–H and O–H groups in total. The second-order valence-corrected chi connectivity index (χ2v) is 1.85. The predicted molar refractivity (Wildman–Crippen MR) is 27.4 cm³/mol. The van der Waals surface area contributed by atoms with Gasteiger partial charge in [-0.25, -0.2) is 0 Å². The number of aliphatic hydroxyl groups is 2. The Morgan fingerprint density at radius 1 is 1.50 bits per heavy atom. The molecule has 49 valence electrons. The highest BCUT2D eigenvalue weighted by Crippen LogP contribution is 2.06. The zero-order valence-corrected chi connectivity index (χ0v) is 4.92. The van der Waals surface area contributed by atoms with E-state index in [-0.39, 0.29) is 6.42 Å². The molecule has 1 radical (unpaired) electrons. The molecule has 0 spiro atoms. The first kappa shape index (κ1) is 7.88. The van der Waals surface area contributed by atoms with Crippen LogP contribution in [0.5, 0.6) is 0 Å². The Morgan fingerprint density at radius 2 is 2.00 bits per heavy atom. The van der Waals surface area contributed by atoms with Gasteiger partial charge in [-0.1, -0.05) is 13.3 Å². The van der Waals surface area contributed by atoms with Crippen LogP contribution in [0.1, 0.15) is 26.2 Å². The summed E-state index contributed by atoms with van der Waals surface area (Å²) in [7, 11) is 0. The van der Waals surface area contributed by atoms with Gasteiger partial charge in [0.2, 0.25) is 0 Å². The average Bonchev–Trinajstić information content (AvgIpc) is 1.59. The summed E-state index contributed by atoms with van der Waals surface area (Å²) in [6, 6.07) is 0. The van der Waals surface area contributed by atoms with Gasteiger partial charge in [0.25, 0.3) is 0 Å². The van der Waals surface area contributed by atoms with Gasteiger partial charge in [0, 0.05) is 6.42 Å². The summed E-state index contributed by atoms with van der Waals surface area (Å²) in [5, 5.41) is 26.3. The highest BCUT2D eigenvalue weighted by atomic mass is 16.7. The number of hydrogen-bond acceptors (Lipinski definition) is 2. The molecular formula is C5H11O3. The molecule has 0 saturated heterocycles. The van der Waals surface area contributed by atoms with E-state index in [0.717, 1.165) is 6.42 Å². The van der Waals surface area contributed by atoms with Crippen molar-refractivity contribution in [2.45, 2.75) is 32.2 Å². The van der Waals surface area contributed by atoms with Crippen molar-refractivity contribution < 1.29 is 15.3 Å². The van der Waals surface area contributed by atoms with Crippen LogP contribution in [0, 0.1) is 0 Å². The third kappa shape index (κ3) is 5.88. The summed E-state index contributed by atoms with van der Waals surface area (Å²) in [4.78, 5) is 0. The summed E-state index contributed by atoms with van der Waals surface area (Å²) in [6.45, 7) is 1.88. The highest BCUT2D eigenvalue weighted by Gasteiger charge is 2.18. The lowest BCUT2D eigenvalue weighted by molar-refractivity contribution is -0.347. The molecule has 0 aliphatic heterocycles. The lowest BCUT2D eigenvalue weighted by Gasteiger charge is -2.08. The minimum absolute atomic E-state index is 0.0799. The fraction of sp³-hybridized carbons (Fsp3) is 1.00. The Morgan fingerprint density at radius 3 is 2.12 bits per heavy atom. The molecule has 0 aliphatic rings. The van der Waals surface area contributed by atoms with Gasteiger partial charge < -0.3 is 10.2 Å². The maximum Gasteiger partial charge on any atom is 0.307 e. The fourth-order valence-electron chi connectivity index (χ4n) is 0.407. The molecular weight excluding hydrogens is 108 g/mol. The first-order valence-corrected chi connectivity index (χ1v) is 2.71. The van der Waals surface area contributed by atoms with Gasteiger partial charge in [-0.2, -0.15) is 5.11 Å². The van der Waals surface area contributed by atoms with E-state index in [0.29, 0.717) is 6.42 Å². The minimum Gasteiger partial charge on any atom is -0.342 e. The normalized spacial score (nSPS) is 12.0. The average molecular weight is 119 g/mol. The van der Waals surface area contributed by atoms with Crippen molar-refractivity contribution >= 4 is 0 Å². The van der Waals surface area contributed by atoms with Crippen LogP contribution in [0.25, 0.3) is 0 Å². The van der Waals surface area contributed by atoms with E-state index in [1.54, 1.807) is 0 Å². The molecule has 0 aromatic heterocycles. The Hall–Kier alpha value is -0.120. The Labute approximate surface area is 48.6 Å². The van der Waals surface area contributed by atoms with Crippen molar-refractivity contribution in [3.05, 3.63) is 0 Å². The Bertz CT molecular complexity index is 55.2. The van der Waals surface area contributed by atoms with Crippen LogP contribution in [-0.4, -0.2) is 16.2 Å². The van der Waals surface area contributed by atoms with E-state index in [9.17, 15) is 5.11 Å². The van der Waals surface area contributed by atoms with Crippen LogP contribution >= 0.6 is 0 Å². The second kappa shape index (κ2) is 3.02. The molecule has 3 nitrogen and oxygen atoms in total. The molecule has 0 unspecified atom stereocenters. The molecule has 0 aromatic rings. The molecule has 3 heteroatoms. The maximum absolute atomic E-state index is 9.97. The first-order chi connectivity index (χ1) is 3.56. The molecule has 0 fully saturated rings. The van der Waals surface area contributed by atoms with Crippen molar-refractivity contribution in [2.24, 2.45) is 0 Å². The van der Waals surface area contributed by atoms with Crippen LogP contribution in [0.2, 0.25) is 0 Å². The zero-order valence-electron chi connectivity index (χ0n) is 4.92. The Balaban J connectivity index is 3.11. The van der Waals surface area contributed by atoms with Gasteiger partial charge in [-0.3, -0.25) is 0 Å². The quantitative estimate of drug-likeness (QED) is 0.523. The molecule has 0 rings (SSSR count). The van der Waals surface area contributed by atoms with Crippen LogP contribution in [0.15, 0.2) is 0 Å². The monoisotopic (exact) mass is 119 g/mol. The summed E-state index contributed by atoms with van der Waals surface area (Å²) in [5.74, 6) is -2.70. The third-order valence-corrected chi connectivity index (χ3v) is 0.856. The molecule has 0 amide bonds. The van der Waals surface area contributed by atoms with Crippen molar-refractivity contribution in [1.82, 2.24) is 0 Å². The van der Waals surface area contributed by atoms with Gasteiger partial charge in [-0.05, 0) is 6.42 Å². The molecule has 0 aliphatic carbocycles.